The van der Waals surface area contributed by atoms with Gasteiger partial charge in [0.1, 0.15) is 11.4 Å². The van der Waals surface area contributed by atoms with Crippen LogP contribution in [0.5, 0.6) is 5.75 Å². The number of anilines is 2. The molecule has 0 spiro atoms. The standard InChI is InChI=1S/C19H19N5O3/c1-3-23-16-12(9-22-18-15(16)4-5-21-18)10-24(19(23)26)13-6-11(17(20)25)7-14(8-13)27-2/h4-9H,3,10H2,1-2H3,(H2,20,25)(H,21,22). The molecule has 3 N–H and O–H groups in total. The van der Waals surface area contributed by atoms with Gasteiger partial charge in [-0.3, -0.25) is 14.6 Å². The van der Waals surface area contributed by atoms with Gasteiger partial charge in [0.2, 0.25) is 5.91 Å². The average Bonchev–Trinajstić information content (AvgIpc) is 3.16. The highest BCUT2D eigenvalue weighted by Crippen LogP contribution is 2.37. The molecule has 0 aliphatic carbocycles. The molecule has 138 valence electrons. The first-order valence-electron chi connectivity index (χ1n) is 8.56. The van der Waals surface area contributed by atoms with Crippen LogP contribution in [0.4, 0.5) is 16.2 Å². The number of H-pyrrole nitrogens is 1. The summed E-state index contributed by atoms with van der Waals surface area (Å²) < 4.78 is 5.27. The molecule has 0 saturated carbocycles. The zero-order valence-corrected chi connectivity index (χ0v) is 15.0. The van der Waals surface area contributed by atoms with Gasteiger partial charge in [0.15, 0.2) is 0 Å². The second-order valence-corrected chi connectivity index (χ2v) is 6.27. The number of amides is 3. The van der Waals surface area contributed by atoms with E-state index in [1.165, 1.54) is 7.11 Å². The highest BCUT2D eigenvalue weighted by atomic mass is 16.5. The number of hydrogen-bond donors (Lipinski definition) is 2. The van der Waals surface area contributed by atoms with E-state index in [0.29, 0.717) is 24.5 Å². The van der Waals surface area contributed by atoms with E-state index in [9.17, 15) is 9.59 Å². The normalized spacial score (nSPS) is 13.8. The van der Waals surface area contributed by atoms with E-state index in [-0.39, 0.29) is 11.6 Å². The molecule has 3 heterocycles. The van der Waals surface area contributed by atoms with Crippen molar-refractivity contribution in [1.29, 1.82) is 0 Å². The number of primary amides is 1. The molecule has 3 aromatic rings. The summed E-state index contributed by atoms with van der Waals surface area (Å²) in [4.78, 5) is 35.7. The van der Waals surface area contributed by atoms with Crippen molar-refractivity contribution < 1.29 is 14.3 Å². The van der Waals surface area contributed by atoms with Gasteiger partial charge in [-0.15, -0.1) is 0 Å². The largest absolute Gasteiger partial charge is 0.497 e. The van der Waals surface area contributed by atoms with Gasteiger partial charge in [0.25, 0.3) is 0 Å². The third-order valence-corrected chi connectivity index (χ3v) is 4.73. The molecule has 0 radical (unpaired) electrons. The smallest absolute Gasteiger partial charge is 0.329 e. The number of benzene rings is 1. The number of carbonyl (C=O) groups excluding carboxylic acids is 2. The summed E-state index contributed by atoms with van der Waals surface area (Å²) in [6.07, 6.45) is 3.58. The van der Waals surface area contributed by atoms with Gasteiger partial charge < -0.3 is 15.5 Å². The lowest BCUT2D eigenvalue weighted by atomic mass is 10.1. The minimum absolute atomic E-state index is 0.178. The van der Waals surface area contributed by atoms with E-state index in [0.717, 1.165) is 22.3 Å². The number of urea groups is 1. The number of rotatable bonds is 4. The van der Waals surface area contributed by atoms with Gasteiger partial charge in [0, 0.05) is 41.5 Å². The second-order valence-electron chi connectivity index (χ2n) is 6.27. The summed E-state index contributed by atoms with van der Waals surface area (Å²) in [6.45, 7) is 2.76. The maximum absolute atomic E-state index is 13.2. The summed E-state index contributed by atoms with van der Waals surface area (Å²) in [6, 6.07) is 6.61. The molecule has 0 saturated heterocycles. The molecule has 1 aliphatic heterocycles. The van der Waals surface area contributed by atoms with Crippen molar-refractivity contribution in [2.24, 2.45) is 5.73 Å². The molecule has 0 atom stereocenters. The predicted molar refractivity (Wildman–Crippen MR) is 102 cm³/mol. The zero-order valence-electron chi connectivity index (χ0n) is 15.0. The minimum Gasteiger partial charge on any atom is -0.497 e. The molecule has 0 unspecified atom stereocenters. The molecule has 1 aliphatic rings. The van der Waals surface area contributed by atoms with Crippen molar-refractivity contribution in [3.8, 4) is 5.75 Å². The van der Waals surface area contributed by atoms with Crippen LogP contribution in [0.25, 0.3) is 11.0 Å². The van der Waals surface area contributed by atoms with Crippen molar-refractivity contribution in [3.05, 3.63) is 47.8 Å². The highest BCUT2D eigenvalue weighted by Gasteiger charge is 2.32. The fourth-order valence-corrected chi connectivity index (χ4v) is 3.44. The number of nitrogens with one attached hydrogen (secondary N) is 1. The lowest BCUT2D eigenvalue weighted by Gasteiger charge is -2.37. The first-order chi connectivity index (χ1) is 13.0. The number of pyridine rings is 1. The number of aromatic amines is 1. The number of fused-ring (bicyclic) bond motifs is 3. The van der Waals surface area contributed by atoms with Crippen molar-refractivity contribution in [1.82, 2.24) is 9.97 Å². The van der Waals surface area contributed by atoms with Gasteiger partial charge in [-0.1, -0.05) is 0 Å². The summed E-state index contributed by atoms with van der Waals surface area (Å²) in [5, 5.41) is 0.908. The van der Waals surface area contributed by atoms with Gasteiger partial charge in [-0.2, -0.15) is 0 Å². The number of nitrogens with two attached hydrogens (primary N) is 1. The molecule has 8 nitrogen and oxygen atoms in total. The molecule has 2 aromatic heterocycles. The topological polar surface area (TPSA) is 105 Å². The summed E-state index contributed by atoms with van der Waals surface area (Å²) in [5.74, 6) is -0.120. The van der Waals surface area contributed by atoms with Crippen LogP contribution in [0, 0.1) is 0 Å². The number of aromatic nitrogens is 2. The predicted octanol–water partition coefficient (Wildman–Crippen LogP) is 2.64. The Kier molecular flexibility index (Phi) is 3.95. The van der Waals surface area contributed by atoms with Gasteiger partial charge in [-0.25, -0.2) is 9.78 Å². The van der Waals surface area contributed by atoms with E-state index in [2.05, 4.69) is 9.97 Å². The molecular weight excluding hydrogens is 346 g/mol. The fraction of sp³-hybridized carbons (Fsp3) is 0.211. The first-order valence-corrected chi connectivity index (χ1v) is 8.56. The quantitative estimate of drug-likeness (QED) is 0.741. The van der Waals surface area contributed by atoms with Crippen LogP contribution in [0.1, 0.15) is 22.8 Å². The Morgan fingerprint density at radius 3 is 2.89 bits per heavy atom. The van der Waals surface area contributed by atoms with Gasteiger partial charge in [0.05, 0.1) is 25.0 Å². The van der Waals surface area contributed by atoms with Crippen LogP contribution in [0.15, 0.2) is 36.7 Å². The van der Waals surface area contributed by atoms with E-state index in [4.69, 9.17) is 10.5 Å². The Bertz CT molecular complexity index is 1060. The van der Waals surface area contributed by atoms with E-state index in [1.807, 2.05) is 19.2 Å². The molecule has 3 amide bonds. The molecule has 8 heteroatoms. The third kappa shape index (κ3) is 2.66. The van der Waals surface area contributed by atoms with Gasteiger partial charge in [-0.05, 0) is 25.1 Å². The van der Waals surface area contributed by atoms with E-state index < -0.39 is 5.91 Å². The van der Waals surface area contributed by atoms with E-state index in [1.54, 1.807) is 34.2 Å². The number of ether oxygens (including phenoxy) is 1. The fourth-order valence-electron chi connectivity index (χ4n) is 3.44. The second kappa shape index (κ2) is 6.31. The Labute approximate surface area is 155 Å². The summed E-state index contributed by atoms with van der Waals surface area (Å²) in [7, 11) is 1.50. The number of nitrogens with zero attached hydrogens (tertiary/aromatic N) is 3. The lowest BCUT2D eigenvalue weighted by Crippen LogP contribution is -2.47. The Morgan fingerprint density at radius 1 is 1.37 bits per heavy atom. The molecule has 4 rings (SSSR count). The van der Waals surface area contributed by atoms with Crippen LogP contribution in [0.3, 0.4) is 0 Å². The highest BCUT2D eigenvalue weighted by molar-refractivity contribution is 6.11. The zero-order chi connectivity index (χ0) is 19.1. The first kappa shape index (κ1) is 16.9. The number of hydrogen-bond acceptors (Lipinski definition) is 4. The molecule has 0 bridgehead atoms. The summed E-state index contributed by atoms with van der Waals surface area (Å²) >= 11 is 0. The van der Waals surface area contributed by atoms with Gasteiger partial charge >= 0.3 is 6.03 Å². The van der Waals surface area contributed by atoms with Crippen molar-refractivity contribution in [2.45, 2.75) is 13.5 Å². The number of methoxy groups -OCH3 is 1. The van der Waals surface area contributed by atoms with Crippen LogP contribution in [0.2, 0.25) is 0 Å². The van der Waals surface area contributed by atoms with E-state index >= 15 is 0 Å². The molecule has 1 aromatic carbocycles. The monoisotopic (exact) mass is 365 g/mol. The van der Waals surface area contributed by atoms with Crippen LogP contribution < -0.4 is 20.3 Å². The third-order valence-electron chi connectivity index (χ3n) is 4.73. The maximum atomic E-state index is 13.2. The van der Waals surface area contributed by atoms with Crippen LogP contribution in [-0.2, 0) is 6.54 Å². The number of carbonyl (C=O) groups is 2. The SMILES string of the molecule is CCN1C(=O)N(c2cc(OC)cc(C(N)=O)c2)Cc2cnc3[nH]ccc3c21. The molecular formula is C19H19N5O3. The lowest BCUT2D eigenvalue weighted by molar-refractivity contribution is 0.1000. The van der Waals surface area contributed by atoms with Crippen molar-refractivity contribution in [2.75, 3.05) is 23.5 Å². The molecule has 0 fully saturated rings. The average molecular weight is 365 g/mol. The Hall–Kier alpha value is -3.55. The van der Waals surface area contributed by atoms with Crippen molar-refractivity contribution >= 4 is 34.3 Å². The van der Waals surface area contributed by atoms with Crippen LogP contribution in [-0.4, -0.2) is 35.6 Å². The minimum atomic E-state index is -0.581. The Morgan fingerprint density at radius 2 is 2.19 bits per heavy atom. The Balaban J connectivity index is 1.85. The molecule has 27 heavy (non-hydrogen) atoms. The summed E-state index contributed by atoms with van der Waals surface area (Å²) in [5.41, 5.74) is 8.79. The van der Waals surface area contributed by atoms with Crippen LogP contribution >= 0.6 is 0 Å². The van der Waals surface area contributed by atoms with Crippen molar-refractivity contribution in [3.63, 3.8) is 0 Å². The maximum Gasteiger partial charge on any atom is 0.329 e.